The molecule has 1 atom stereocenters. The molecule has 1 saturated heterocycles. The van der Waals surface area contributed by atoms with Crippen molar-refractivity contribution in [1.29, 1.82) is 0 Å². The molecule has 18 heavy (non-hydrogen) atoms. The smallest absolute Gasteiger partial charge is 0.220 e. The van der Waals surface area contributed by atoms with Gasteiger partial charge in [0, 0.05) is 16.2 Å². The third-order valence-electron chi connectivity index (χ3n) is 3.20. The zero-order valence-corrected chi connectivity index (χ0v) is 12.3. The number of halogens is 1. The molecule has 0 bridgehead atoms. The minimum Gasteiger partial charge on any atom is -0.351 e. The van der Waals surface area contributed by atoms with Gasteiger partial charge in [-0.3, -0.25) is 4.79 Å². The number of amides is 1. The first-order valence-corrected chi connectivity index (χ1v) is 7.08. The minimum absolute atomic E-state index is 0. The Morgan fingerprint density at radius 3 is 3.00 bits per heavy atom. The third-order valence-corrected chi connectivity index (χ3v) is 4.20. The summed E-state index contributed by atoms with van der Waals surface area (Å²) in [4.78, 5) is 14.2. The molecule has 2 N–H and O–H groups in total. The summed E-state index contributed by atoms with van der Waals surface area (Å²) < 4.78 is 0. The molecule has 2 rings (SSSR count). The zero-order chi connectivity index (χ0) is 12.1. The van der Waals surface area contributed by atoms with Crippen molar-refractivity contribution in [2.45, 2.75) is 32.7 Å². The second kappa shape index (κ2) is 7.77. The van der Waals surface area contributed by atoms with Crippen LogP contribution in [0.3, 0.4) is 0 Å². The molecule has 0 spiro atoms. The second-order valence-corrected chi connectivity index (χ2v) is 6.06. The predicted molar refractivity (Wildman–Crippen MR) is 78.4 cm³/mol. The van der Waals surface area contributed by atoms with Gasteiger partial charge in [0.25, 0.3) is 0 Å². The molecule has 1 unspecified atom stereocenters. The number of nitrogens with one attached hydrogen (secondary N) is 2. The van der Waals surface area contributed by atoms with Crippen molar-refractivity contribution in [3.63, 3.8) is 0 Å². The van der Waals surface area contributed by atoms with Crippen LogP contribution in [0.25, 0.3) is 0 Å². The fourth-order valence-corrected chi connectivity index (χ4v) is 2.98. The molecule has 1 amide bonds. The zero-order valence-electron chi connectivity index (χ0n) is 10.7. The van der Waals surface area contributed by atoms with Crippen LogP contribution in [0.2, 0.25) is 0 Å². The SMILES string of the molecule is Cc1ccc(CNC(=O)CCC2CCNC2)s1.Cl. The number of hydrogen-bond donors (Lipinski definition) is 2. The van der Waals surface area contributed by atoms with Gasteiger partial charge in [-0.1, -0.05) is 0 Å². The molecule has 1 aliphatic heterocycles. The van der Waals surface area contributed by atoms with E-state index in [0.29, 0.717) is 18.9 Å². The van der Waals surface area contributed by atoms with Gasteiger partial charge in [-0.05, 0) is 50.9 Å². The highest BCUT2D eigenvalue weighted by atomic mass is 35.5. The average molecular weight is 289 g/mol. The Balaban J connectivity index is 0.00000162. The van der Waals surface area contributed by atoms with Crippen LogP contribution in [0, 0.1) is 12.8 Å². The standard InChI is InChI=1S/C13H20N2OS.ClH/c1-10-2-4-12(17-10)9-15-13(16)5-3-11-6-7-14-8-11;/h2,4,11,14H,3,5-9H2,1H3,(H,15,16);1H. The summed E-state index contributed by atoms with van der Waals surface area (Å²) >= 11 is 1.75. The lowest BCUT2D eigenvalue weighted by atomic mass is 10.0. The fraction of sp³-hybridized carbons (Fsp3) is 0.615. The molecule has 5 heteroatoms. The van der Waals surface area contributed by atoms with Crippen molar-refractivity contribution in [2.75, 3.05) is 13.1 Å². The van der Waals surface area contributed by atoms with Crippen molar-refractivity contribution >= 4 is 29.7 Å². The average Bonchev–Trinajstić information content (AvgIpc) is 2.95. The summed E-state index contributed by atoms with van der Waals surface area (Å²) in [7, 11) is 0. The van der Waals surface area contributed by atoms with E-state index >= 15 is 0 Å². The third kappa shape index (κ3) is 4.96. The number of thiophene rings is 1. The number of hydrogen-bond acceptors (Lipinski definition) is 3. The van der Waals surface area contributed by atoms with E-state index < -0.39 is 0 Å². The van der Waals surface area contributed by atoms with Gasteiger partial charge in [0.15, 0.2) is 0 Å². The van der Waals surface area contributed by atoms with Crippen molar-refractivity contribution < 1.29 is 4.79 Å². The summed E-state index contributed by atoms with van der Waals surface area (Å²) in [6.45, 7) is 4.96. The lowest BCUT2D eigenvalue weighted by Gasteiger charge is -2.07. The van der Waals surface area contributed by atoms with Crippen molar-refractivity contribution in [1.82, 2.24) is 10.6 Å². The molecule has 0 saturated carbocycles. The summed E-state index contributed by atoms with van der Waals surface area (Å²) in [6.07, 6.45) is 2.90. The highest BCUT2D eigenvalue weighted by Gasteiger charge is 2.15. The summed E-state index contributed by atoms with van der Waals surface area (Å²) in [5.41, 5.74) is 0. The largest absolute Gasteiger partial charge is 0.351 e. The maximum absolute atomic E-state index is 11.7. The van der Waals surface area contributed by atoms with Crippen molar-refractivity contribution in [3.8, 4) is 0 Å². The maximum atomic E-state index is 11.7. The van der Waals surface area contributed by atoms with Crippen LogP contribution < -0.4 is 10.6 Å². The van der Waals surface area contributed by atoms with Crippen LogP contribution in [0.1, 0.15) is 29.0 Å². The van der Waals surface area contributed by atoms with Crippen molar-refractivity contribution in [3.05, 3.63) is 21.9 Å². The van der Waals surface area contributed by atoms with Crippen LogP contribution in [0.15, 0.2) is 12.1 Å². The van der Waals surface area contributed by atoms with Gasteiger partial charge >= 0.3 is 0 Å². The lowest BCUT2D eigenvalue weighted by molar-refractivity contribution is -0.121. The Morgan fingerprint density at radius 2 is 2.39 bits per heavy atom. The summed E-state index contributed by atoms with van der Waals surface area (Å²) in [5.74, 6) is 0.882. The quantitative estimate of drug-likeness (QED) is 0.874. The van der Waals surface area contributed by atoms with Gasteiger partial charge in [0.1, 0.15) is 0 Å². The van der Waals surface area contributed by atoms with Gasteiger partial charge in [-0.15, -0.1) is 23.7 Å². The maximum Gasteiger partial charge on any atom is 0.220 e. The van der Waals surface area contributed by atoms with Crippen LogP contribution >= 0.6 is 23.7 Å². The normalized spacial score (nSPS) is 18.4. The van der Waals surface area contributed by atoms with Gasteiger partial charge in [-0.2, -0.15) is 0 Å². The topological polar surface area (TPSA) is 41.1 Å². The van der Waals surface area contributed by atoms with Crippen LogP contribution in [-0.2, 0) is 11.3 Å². The van der Waals surface area contributed by atoms with E-state index in [2.05, 4.69) is 29.7 Å². The molecule has 1 aromatic rings. The molecule has 3 nitrogen and oxygen atoms in total. The highest BCUT2D eigenvalue weighted by molar-refractivity contribution is 7.11. The molecular formula is C13H21ClN2OS. The number of aryl methyl sites for hydroxylation is 1. The lowest BCUT2D eigenvalue weighted by Crippen LogP contribution is -2.23. The van der Waals surface area contributed by atoms with Gasteiger partial charge < -0.3 is 10.6 Å². The van der Waals surface area contributed by atoms with E-state index in [1.54, 1.807) is 11.3 Å². The fourth-order valence-electron chi connectivity index (χ4n) is 2.15. The summed E-state index contributed by atoms with van der Waals surface area (Å²) in [6, 6.07) is 4.18. The van der Waals surface area contributed by atoms with Crippen LogP contribution in [0.5, 0.6) is 0 Å². The Labute approximate surface area is 119 Å². The monoisotopic (exact) mass is 288 g/mol. The van der Waals surface area contributed by atoms with E-state index in [9.17, 15) is 4.79 Å². The Hall–Kier alpha value is -0.580. The molecule has 0 radical (unpaired) electrons. The first kappa shape index (κ1) is 15.5. The molecule has 1 aromatic heterocycles. The molecule has 1 aliphatic rings. The molecule has 1 fully saturated rings. The Morgan fingerprint density at radius 1 is 1.56 bits per heavy atom. The number of rotatable bonds is 5. The molecule has 102 valence electrons. The van der Waals surface area contributed by atoms with E-state index in [1.165, 1.54) is 16.2 Å². The minimum atomic E-state index is 0. The Bertz CT molecular complexity index is 375. The van der Waals surface area contributed by atoms with Gasteiger partial charge in [-0.25, -0.2) is 0 Å². The van der Waals surface area contributed by atoms with Gasteiger partial charge in [0.2, 0.25) is 5.91 Å². The first-order chi connectivity index (χ1) is 8.24. The first-order valence-electron chi connectivity index (χ1n) is 6.27. The van der Waals surface area contributed by atoms with E-state index in [-0.39, 0.29) is 18.3 Å². The highest BCUT2D eigenvalue weighted by Crippen LogP contribution is 2.16. The van der Waals surface area contributed by atoms with E-state index in [0.717, 1.165) is 19.5 Å². The van der Waals surface area contributed by atoms with Crippen LogP contribution in [0.4, 0.5) is 0 Å². The number of carbonyl (C=O) groups excluding carboxylic acids is 1. The molecule has 0 aromatic carbocycles. The van der Waals surface area contributed by atoms with E-state index in [1.807, 2.05) is 0 Å². The molecule has 0 aliphatic carbocycles. The van der Waals surface area contributed by atoms with E-state index in [4.69, 9.17) is 0 Å². The summed E-state index contributed by atoms with van der Waals surface area (Å²) in [5, 5.41) is 6.31. The van der Waals surface area contributed by atoms with Gasteiger partial charge in [0.05, 0.1) is 6.54 Å². The number of carbonyl (C=O) groups is 1. The Kier molecular flexibility index (Phi) is 6.68. The molecule has 2 heterocycles. The predicted octanol–water partition coefficient (Wildman–Crippen LogP) is 2.48. The van der Waals surface area contributed by atoms with Crippen LogP contribution in [-0.4, -0.2) is 19.0 Å². The van der Waals surface area contributed by atoms with Crippen molar-refractivity contribution in [2.24, 2.45) is 5.92 Å². The second-order valence-electron chi connectivity index (χ2n) is 4.69. The molecular weight excluding hydrogens is 268 g/mol.